The van der Waals surface area contributed by atoms with Crippen LogP contribution in [0.3, 0.4) is 0 Å². The van der Waals surface area contributed by atoms with Gasteiger partial charge in [-0.05, 0) is 13.3 Å². The summed E-state index contributed by atoms with van der Waals surface area (Å²) in [6.07, 6.45) is 2.81. The minimum atomic E-state index is -1.24. The van der Waals surface area contributed by atoms with Crippen LogP contribution in [0.5, 0.6) is 0 Å². The van der Waals surface area contributed by atoms with Crippen LogP contribution in [-0.2, 0) is 30.4 Å². The van der Waals surface area contributed by atoms with Crippen molar-refractivity contribution in [2.45, 2.75) is 44.3 Å². The number of carbonyl (C=O) groups is 5. The van der Waals surface area contributed by atoms with Gasteiger partial charge in [-0.2, -0.15) is 0 Å². The van der Waals surface area contributed by atoms with Crippen LogP contribution in [0.2, 0.25) is 0 Å². The number of rotatable bonds is 12. The fourth-order valence-corrected chi connectivity index (χ4v) is 2.22. The van der Waals surface area contributed by atoms with Crippen molar-refractivity contribution in [3.8, 4) is 0 Å². The van der Waals surface area contributed by atoms with Gasteiger partial charge in [0.25, 0.3) is 0 Å². The fraction of sp³-hybridized carbons (Fsp3) is 0.500. The molecule has 0 aliphatic carbocycles. The predicted molar refractivity (Wildman–Crippen MR) is 98.9 cm³/mol. The molecule has 0 saturated carbocycles. The van der Waals surface area contributed by atoms with Gasteiger partial charge in [-0.15, -0.1) is 0 Å². The highest BCUT2D eigenvalue weighted by Gasteiger charge is 2.26. The molecule has 1 aromatic rings. The second kappa shape index (κ2) is 11.4. The summed E-state index contributed by atoms with van der Waals surface area (Å²) in [6, 6.07) is -3.18. The predicted octanol–water partition coefficient (Wildman–Crippen LogP) is -3.26. The first-order valence-corrected chi connectivity index (χ1v) is 8.71. The van der Waals surface area contributed by atoms with Crippen molar-refractivity contribution in [1.82, 2.24) is 25.9 Å². The van der Waals surface area contributed by atoms with Crippen molar-refractivity contribution in [2.24, 2.45) is 11.5 Å². The molecule has 13 nitrogen and oxygen atoms in total. The second-order valence-electron chi connectivity index (χ2n) is 6.30. The molecule has 9 N–H and O–H groups in total. The molecule has 0 spiro atoms. The zero-order valence-electron chi connectivity index (χ0n) is 15.8. The number of H-pyrrole nitrogens is 1. The number of aromatic amines is 1. The number of nitrogens with one attached hydrogen (secondary N) is 4. The maximum atomic E-state index is 12.4. The standard InChI is InChI=1S/C16H25N7O6/c1-8(22-15(28)10(17)2-3-12(18)24)14(27)23-11(4-9-5-19-7-21-9)16(29)20-6-13(25)26/h5,7-8,10-11H,2-4,6,17H2,1H3,(H2,18,24)(H,19,21)(H,20,29)(H,22,28)(H,23,27)(H,25,26). The van der Waals surface area contributed by atoms with Gasteiger partial charge in [-0.3, -0.25) is 24.0 Å². The zero-order chi connectivity index (χ0) is 22.0. The lowest BCUT2D eigenvalue weighted by Crippen LogP contribution is -2.55. The Bertz CT molecular complexity index is 736. The van der Waals surface area contributed by atoms with E-state index in [-0.39, 0.29) is 19.3 Å². The lowest BCUT2D eigenvalue weighted by atomic mass is 10.1. The van der Waals surface area contributed by atoms with Gasteiger partial charge in [0.05, 0.1) is 12.4 Å². The van der Waals surface area contributed by atoms with Crippen LogP contribution in [0, 0.1) is 0 Å². The average molecular weight is 411 g/mol. The number of carboxylic acids is 1. The number of nitrogens with two attached hydrogens (primary N) is 2. The Morgan fingerprint density at radius 2 is 1.86 bits per heavy atom. The summed E-state index contributed by atoms with van der Waals surface area (Å²) in [5, 5.41) is 15.7. The van der Waals surface area contributed by atoms with Gasteiger partial charge in [0.2, 0.25) is 23.6 Å². The molecule has 0 fully saturated rings. The third kappa shape index (κ3) is 8.83. The molecule has 13 heteroatoms. The van der Waals surface area contributed by atoms with Crippen molar-refractivity contribution in [3.05, 3.63) is 18.2 Å². The first kappa shape index (κ1) is 23.6. The number of amides is 4. The Kier molecular flexibility index (Phi) is 9.25. The van der Waals surface area contributed by atoms with Gasteiger partial charge in [-0.1, -0.05) is 0 Å². The topological polar surface area (TPSA) is 222 Å². The van der Waals surface area contributed by atoms with Crippen molar-refractivity contribution in [3.63, 3.8) is 0 Å². The molecule has 4 amide bonds. The number of carbonyl (C=O) groups excluding carboxylic acids is 4. The first-order valence-electron chi connectivity index (χ1n) is 8.71. The van der Waals surface area contributed by atoms with Crippen molar-refractivity contribution in [1.29, 1.82) is 0 Å². The third-order valence-electron chi connectivity index (χ3n) is 3.82. The smallest absolute Gasteiger partial charge is 0.322 e. The molecule has 0 saturated heterocycles. The normalized spacial score (nSPS) is 13.6. The van der Waals surface area contributed by atoms with Gasteiger partial charge in [0, 0.05) is 24.7 Å². The Hall–Kier alpha value is -3.48. The number of nitrogens with zero attached hydrogens (tertiary/aromatic N) is 1. The number of aliphatic carboxylic acids is 1. The molecule has 0 radical (unpaired) electrons. The monoisotopic (exact) mass is 411 g/mol. The molecule has 1 aromatic heterocycles. The minimum absolute atomic E-state index is 0.0234. The summed E-state index contributed by atoms with van der Waals surface area (Å²) in [7, 11) is 0. The average Bonchev–Trinajstić information content (AvgIpc) is 3.16. The molecule has 3 atom stereocenters. The van der Waals surface area contributed by atoms with E-state index >= 15 is 0 Å². The van der Waals surface area contributed by atoms with Crippen LogP contribution in [0.15, 0.2) is 12.5 Å². The summed E-state index contributed by atoms with van der Waals surface area (Å²) >= 11 is 0. The summed E-state index contributed by atoms with van der Waals surface area (Å²) in [5.74, 6) is -3.90. The van der Waals surface area contributed by atoms with Crippen molar-refractivity contribution >= 4 is 29.6 Å². The van der Waals surface area contributed by atoms with Crippen LogP contribution in [-0.4, -0.2) is 69.3 Å². The van der Waals surface area contributed by atoms with E-state index in [0.717, 1.165) is 0 Å². The van der Waals surface area contributed by atoms with E-state index in [1.807, 2.05) is 0 Å². The Morgan fingerprint density at radius 3 is 2.41 bits per heavy atom. The fourth-order valence-electron chi connectivity index (χ4n) is 2.22. The van der Waals surface area contributed by atoms with Gasteiger partial charge in [-0.25, -0.2) is 4.98 Å². The highest BCUT2D eigenvalue weighted by molar-refractivity contribution is 5.93. The highest BCUT2D eigenvalue weighted by atomic mass is 16.4. The third-order valence-corrected chi connectivity index (χ3v) is 3.82. The molecule has 29 heavy (non-hydrogen) atoms. The molecule has 0 aliphatic heterocycles. The van der Waals surface area contributed by atoms with Crippen LogP contribution in [0.4, 0.5) is 0 Å². The molecule has 0 aliphatic rings. The van der Waals surface area contributed by atoms with E-state index in [0.29, 0.717) is 5.69 Å². The molecule has 1 rings (SSSR count). The molecule has 1 heterocycles. The summed E-state index contributed by atoms with van der Waals surface area (Å²) < 4.78 is 0. The molecule has 0 aromatic carbocycles. The molecule has 160 valence electrons. The van der Waals surface area contributed by atoms with Gasteiger partial charge < -0.3 is 37.5 Å². The van der Waals surface area contributed by atoms with E-state index < -0.39 is 54.3 Å². The largest absolute Gasteiger partial charge is 0.480 e. The van der Waals surface area contributed by atoms with Crippen molar-refractivity contribution < 1.29 is 29.1 Å². The maximum absolute atomic E-state index is 12.4. The van der Waals surface area contributed by atoms with E-state index in [1.54, 1.807) is 0 Å². The summed E-state index contributed by atoms with van der Waals surface area (Å²) in [5.41, 5.74) is 11.2. The number of imidazole rings is 1. The second-order valence-corrected chi connectivity index (χ2v) is 6.30. The lowest BCUT2D eigenvalue weighted by molar-refractivity contribution is -0.138. The Balaban J connectivity index is 2.69. The van der Waals surface area contributed by atoms with E-state index in [4.69, 9.17) is 16.6 Å². The summed E-state index contributed by atoms with van der Waals surface area (Å²) in [4.78, 5) is 64.6. The molecule has 0 bridgehead atoms. The molecular formula is C16H25N7O6. The number of primary amides is 1. The van der Waals surface area contributed by atoms with Crippen LogP contribution in [0.25, 0.3) is 0 Å². The first-order chi connectivity index (χ1) is 13.6. The number of hydrogen-bond acceptors (Lipinski definition) is 7. The molecule has 3 unspecified atom stereocenters. The van der Waals surface area contributed by atoms with E-state index in [1.165, 1.54) is 19.4 Å². The number of aromatic nitrogens is 2. The Morgan fingerprint density at radius 1 is 1.17 bits per heavy atom. The maximum Gasteiger partial charge on any atom is 0.322 e. The SMILES string of the molecule is CC(NC(=O)C(N)CCC(N)=O)C(=O)NC(Cc1cnc[nH]1)C(=O)NCC(=O)O. The molecular weight excluding hydrogens is 386 g/mol. The quantitative estimate of drug-likeness (QED) is 0.184. The van der Waals surface area contributed by atoms with Crippen LogP contribution in [0.1, 0.15) is 25.5 Å². The summed E-state index contributed by atoms with van der Waals surface area (Å²) in [6.45, 7) is 0.769. The minimum Gasteiger partial charge on any atom is -0.480 e. The van der Waals surface area contributed by atoms with Crippen molar-refractivity contribution in [2.75, 3.05) is 6.54 Å². The van der Waals surface area contributed by atoms with Gasteiger partial charge in [0.15, 0.2) is 0 Å². The number of carboxylic acid groups (broad SMARTS) is 1. The lowest BCUT2D eigenvalue weighted by Gasteiger charge is -2.21. The Labute approximate surface area is 166 Å². The van der Waals surface area contributed by atoms with Crippen LogP contribution < -0.4 is 27.4 Å². The van der Waals surface area contributed by atoms with E-state index in [9.17, 15) is 24.0 Å². The number of hydrogen-bond donors (Lipinski definition) is 7. The van der Waals surface area contributed by atoms with Crippen LogP contribution >= 0.6 is 0 Å². The van der Waals surface area contributed by atoms with Gasteiger partial charge >= 0.3 is 5.97 Å². The highest BCUT2D eigenvalue weighted by Crippen LogP contribution is 2.01. The van der Waals surface area contributed by atoms with E-state index in [2.05, 4.69) is 25.9 Å². The van der Waals surface area contributed by atoms with Gasteiger partial charge in [0.1, 0.15) is 18.6 Å². The zero-order valence-corrected chi connectivity index (χ0v) is 15.8.